The van der Waals surface area contributed by atoms with Crippen LogP contribution >= 0.6 is 0 Å². The third-order valence-corrected chi connectivity index (χ3v) is 5.95. The Bertz CT molecular complexity index is 544. The molecule has 0 heterocycles. The average Bonchev–Trinajstić information content (AvgIpc) is 2.48. The van der Waals surface area contributed by atoms with Crippen LogP contribution in [-0.2, 0) is 10.0 Å². The van der Waals surface area contributed by atoms with Crippen LogP contribution in [0.1, 0.15) is 39.5 Å². The van der Waals surface area contributed by atoms with E-state index in [4.69, 9.17) is 0 Å². The second-order valence-electron chi connectivity index (χ2n) is 6.23. The van der Waals surface area contributed by atoms with Gasteiger partial charge < -0.3 is 5.32 Å². The predicted molar refractivity (Wildman–Crippen MR) is 86.9 cm³/mol. The highest BCUT2D eigenvalue weighted by molar-refractivity contribution is 7.89. The number of rotatable bonds is 5. The summed E-state index contributed by atoms with van der Waals surface area (Å²) in [5.74, 6) is 1.63. The minimum absolute atomic E-state index is 0.305. The monoisotopic (exact) mass is 310 g/mol. The lowest BCUT2D eigenvalue weighted by molar-refractivity contribution is 0.267. The zero-order chi connectivity index (χ0) is 15.5. The summed E-state index contributed by atoms with van der Waals surface area (Å²) < 4.78 is 25.7. The van der Waals surface area contributed by atoms with E-state index in [2.05, 4.69) is 23.9 Å². The molecule has 0 radical (unpaired) electrons. The summed E-state index contributed by atoms with van der Waals surface area (Å²) in [5.41, 5.74) is 0.998. The zero-order valence-corrected chi connectivity index (χ0v) is 13.9. The molecule has 1 saturated carbocycles. The van der Waals surface area contributed by atoms with Crippen LogP contribution in [0.4, 0.5) is 5.69 Å². The van der Waals surface area contributed by atoms with E-state index in [9.17, 15) is 8.42 Å². The van der Waals surface area contributed by atoms with Crippen LogP contribution < -0.4 is 10.0 Å². The third kappa shape index (κ3) is 4.20. The van der Waals surface area contributed by atoms with Crippen LogP contribution in [0.3, 0.4) is 0 Å². The van der Waals surface area contributed by atoms with Crippen LogP contribution in [0, 0.1) is 11.8 Å². The predicted octanol–water partition coefficient (Wildman–Crippen LogP) is 3.22. The first-order valence-corrected chi connectivity index (χ1v) is 9.21. The third-order valence-electron chi connectivity index (χ3n) is 4.52. The zero-order valence-electron chi connectivity index (χ0n) is 13.1. The van der Waals surface area contributed by atoms with Gasteiger partial charge in [0.25, 0.3) is 0 Å². The molecule has 1 aliphatic carbocycles. The van der Waals surface area contributed by atoms with Gasteiger partial charge in [-0.1, -0.05) is 13.8 Å². The van der Waals surface area contributed by atoms with Crippen molar-refractivity contribution in [1.29, 1.82) is 0 Å². The second kappa shape index (κ2) is 6.79. The van der Waals surface area contributed by atoms with Gasteiger partial charge in [0.2, 0.25) is 10.0 Å². The summed E-state index contributed by atoms with van der Waals surface area (Å²) in [6.07, 6.45) is 4.95. The average molecular weight is 310 g/mol. The van der Waals surface area contributed by atoms with Gasteiger partial charge in [0.05, 0.1) is 4.90 Å². The maximum absolute atomic E-state index is 11.7. The first-order chi connectivity index (χ1) is 9.92. The Hall–Kier alpha value is -1.07. The number of anilines is 1. The summed E-state index contributed by atoms with van der Waals surface area (Å²) in [6, 6.07) is 7.49. The molecular weight excluding hydrogens is 284 g/mol. The Morgan fingerprint density at radius 3 is 2.10 bits per heavy atom. The molecule has 21 heavy (non-hydrogen) atoms. The summed E-state index contributed by atoms with van der Waals surface area (Å²) in [6.45, 7) is 4.61. The second-order valence-corrected chi connectivity index (χ2v) is 8.12. The number of sulfonamides is 1. The SMILES string of the molecule is CNS(=O)(=O)c1ccc(NC2CCC(C(C)C)CC2)cc1. The molecular formula is C16H26N2O2S. The topological polar surface area (TPSA) is 58.2 Å². The quantitative estimate of drug-likeness (QED) is 0.878. The van der Waals surface area contributed by atoms with Gasteiger partial charge in [-0.25, -0.2) is 13.1 Å². The van der Waals surface area contributed by atoms with E-state index in [1.54, 1.807) is 12.1 Å². The van der Waals surface area contributed by atoms with Crippen LogP contribution in [-0.4, -0.2) is 21.5 Å². The van der Waals surface area contributed by atoms with E-state index < -0.39 is 10.0 Å². The molecule has 0 saturated heterocycles. The molecule has 1 fully saturated rings. The molecule has 2 N–H and O–H groups in total. The Morgan fingerprint density at radius 1 is 1.05 bits per heavy atom. The summed E-state index contributed by atoms with van der Waals surface area (Å²) in [7, 11) is -1.92. The standard InChI is InChI=1S/C16H26N2O2S/c1-12(2)13-4-6-14(7-5-13)18-15-8-10-16(11-9-15)21(19,20)17-3/h8-14,17-18H,4-7H2,1-3H3. The molecule has 1 aromatic rings. The smallest absolute Gasteiger partial charge is 0.240 e. The number of benzene rings is 1. The molecule has 1 aliphatic rings. The van der Waals surface area contributed by atoms with Gasteiger partial charge in [-0.3, -0.25) is 0 Å². The molecule has 0 bridgehead atoms. The molecule has 1 aromatic carbocycles. The molecule has 0 aliphatic heterocycles. The lowest BCUT2D eigenvalue weighted by atomic mass is 9.79. The number of hydrogen-bond acceptors (Lipinski definition) is 3. The summed E-state index contributed by atoms with van der Waals surface area (Å²) in [5, 5.41) is 3.52. The fraction of sp³-hybridized carbons (Fsp3) is 0.625. The Labute approximate surface area is 128 Å². The lowest BCUT2D eigenvalue weighted by Crippen LogP contribution is -2.27. The van der Waals surface area contributed by atoms with Crippen molar-refractivity contribution in [3.8, 4) is 0 Å². The van der Waals surface area contributed by atoms with Crippen LogP contribution in [0.5, 0.6) is 0 Å². The van der Waals surface area contributed by atoms with E-state index in [-0.39, 0.29) is 0 Å². The van der Waals surface area contributed by atoms with Gasteiger partial charge in [-0.2, -0.15) is 0 Å². The normalized spacial score (nSPS) is 23.2. The van der Waals surface area contributed by atoms with E-state index in [1.165, 1.54) is 32.7 Å². The Balaban J connectivity index is 1.93. The highest BCUT2D eigenvalue weighted by atomic mass is 32.2. The maximum atomic E-state index is 11.7. The molecule has 2 rings (SSSR count). The number of nitrogens with one attached hydrogen (secondary N) is 2. The maximum Gasteiger partial charge on any atom is 0.240 e. The molecule has 118 valence electrons. The Kier molecular flexibility index (Phi) is 5.27. The summed E-state index contributed by atoms with van der Waals surface area (Å²) in [4.78, 5) is 0.305. The fourth-order valence-corrected chi connectivity index (χ4v) is 3.74. The largest absolute Gasteiger partial charge is 0.382 e. The highest BCUT2D eigenvalue weighted by Crippen LogP contribution is 2.31. The highest BCUT2D eigenvalue weighted by Gasteiger charge is 2.23. The molecule has 0 spiro atoms. The van der Waals surface area contributed by atoms with E-state index in [0.29, 0.717) is 10.9 Å². The van der Waals surface area contributed by atoms with Gasteiger partial charge in [0.15, 0.2) is 0 Å². The van der Waals surface area contributed by atoms with Crippen molar-refractivity contribution in [3.63, 3.8) is 0 Å². The van der Waals surface area contributed by atoms with Gasteiger partial charge in [0, 0.05) is 11.7 Å². The van der Waals surface area contributed by atoms with Crippen molar-refractivity contribution < 1.29 is 8.42 Å². The van der Waals surface area contributed by atoms with Gasteiger partial charge in [-0.15, -0.1) is 0 Å². The van der Waals surface area contributed by atoms with Crippen LogP contribution in [0.15, 0.2) is 29.2 Å². The minimum Gasteiger partial charge on any atom is -0.382 e. The first kappa shape index (κ1) is 16.3. The Morgan fingerprint density at radius 2 is 1.62 bits per heavy atom. The molecule has 0 unspecified atom stereocenters. The number of hydrogen-bond donors (Lipinski definition) is 2. The van der Waals surface area contributed by atoms with Crippen LogP contribution in [0.25, 0.3) is 0 Å². The van der Waals surface area contributed by atoms with Crippen molar-refractivity contribution in [3.05, 3.63) is 24.3 Å². The molecule has 0 atom stereocenters. The first-order valence-electron chi connectivity index (χ1n) is 7.72. The van der Waals surface area contributed by atoms with Crippen molar-refractivity contribution in [2.45, 2.75) is 50.5 Å². The molecule has 5 heteroatoms. The van der Waals surface area contributed by atoms with Gasteiger partial charge >= 0.3 is 0 Å². The van der Waals surface area contributed by atoms with Crippen molar-refractivity contribution in [2.75, 3.05) is 12.4 Å². The fourth-order valence-electron chi connectivity index (χ4n) is 3.01. The van der Waals surface area contributed by atoms with Gasteiger partial charge in [0.1, 0.15) is 0 Å². The molecule has 0 aromatic heterocycles. The molecule has 4 nitrogen and oxygen atoms in total. The van der Waals surface area contributed by atoms with Crippen LogP contribution in [0.2, 0.25) is 0 Å². The van der Waals surface area contributed by atoms with E-state index in [1.807, 2.05) is 12.1 Å². The lowest BCUT2D eigenvalue weighted by Gasteiger charge is -2.31. The van der Waals surface area contributed by atoms with Crippen molar-refractivity contribution in [1.82, 2.24) is 4.72 Å². The van der Waals surface area contributed by atoms with Crippen molar-refractivity contribution in [2.24, 2.45) is 11.8 Å². The molecule has 0 amide bonds. The minimum atomic E-state index is -3.34. The summed E-state index contributed by atoms with van der Waals surface area (Å²) >= 11 is 0. The van der Waals surface area contributed by atoms with Gasteiger partial charge in [-0.05, 0) is 68.8 Å². The van der Waals surface area contributed by atoms with E-state index in [0.717, 1.165) is 17.5 Å². The van der Waals surface area contributed by atoms with E-state index >= 15 is 0 Å². The van der Waals surface area contributed by atoms with Crippen molar-refractivity contribution >= 4 is 15.7 Å².